The van der Waals surface area contributed by atoms with Crippen molar-refractivity contribution in [3.05, 3.63) is 25.0 Å². The van der Waals surface area contributed by atoms with Gasteiger partial charge in [-0.15, -0.1) is 6.58 Å². The molecule has 0 aliphatic carbocycles. The maximum absolute atomic E-state index is 11.7. The highest BCUT2D eigenvalue weighted by Gasteiger charge is 2.16. The molecule has 0 aliphatic heterocycles. The van der Waals surface area contributed by atoms with Crippen LogP contribution in [0.2, 0.25) is 0 Å². The van der Waals surface area contributed by atoms with Crippen molar-refractivity contribution in [3.63, 3.8) is 0 Å². The van der Waals surface area contributed by atoms with E-state index in [2.05, 4.69) is 16.4 Å². The highest BCUT2D eigenvalue weighted by atomic mass is 32.2. The van der Waals surface area contributed by atoms with Gasteiger partial charge in [-0.2, -0.15) is 5.10 Å². The fourth-order valence-corrected chi connectivity index (χ4v) is 2.09. The first-order valence-electron chi connectivity index (χ1n) is 4.80. The normalized spacial score (nSPS) is 11.3. The summed E-state index contributed by atoms with van der Waals surface area (Å²) < 4.78 is 26.7. The SMILES string of the molecule is C=CCCNS(=O)(=O)c1cnn(CC(=O)O)c1. The van der Waals surface area contributed by atoms with Crippen LogP contribution in [-0.4, -0.2) is 35.8 Å². The monoisotopic (exact) mass is 259 g/mol. The summed E-state index contributed by atoms with van der Waals surface area (Å²) in [6, 6.07) is 0. The second-order valence-corrected chi connectivity index (χ2v) is 5.01. The lowest BCUT2D eigenvalue weighted by Crippen LogP contribution is -2.24. The number of nitrogens with one attached hydrogen (secondary N) is 1. The maximum atomic E-state index is 11.7. The first-order valence-corrected chi connectivity index (χ1v) is 6.29. The van der Waals surface area contributed by atoms with E-state index < -0.39 is 16.0 Å². The van der Waals surface area contributed by atoms with E-state index in [0.717, 1.165) is 10.9 Å². The Morgan fingerprint density at radius 1 is 1.65 bits per heavy atom. The van der Waals surface area contributed by atoms with Crippen molar-refractivity contribution < 1.29 is 18.3 Å². The van der Waals surface area contributed by atoms with E-state index in [-0.39, 0.29) is 18.0 Å². The quantitative estimate of drug-likeness (QED) is 0.522. The Kier molecular flexibility index (Phi) is 4.41. The fraction of sp³-hybridized carbons (Fsp3) is 0.333. The fourth-order valence-electron chi connectivity index (χ4n) is 1.09. The Labute approximate surface area is 98.8 Å². The first kappa shape index (κ1) is 13.4. The third-order valence-electron chi connectivity index (χ3n) is 1.86. The zero-order chi connectivity index (χ0) is 12.9. The van der Waals surface area contributed by atoms with Crippen LogP contribution in [0.5, 0.6) is 0 Å². The zero-order valence-corrected chi connectivity index (χ0v) is 9.85. The molecule has 8 heteroatoms. The van der Waals surface area contributed by atoms with Crippen LogP contribution in [-0.2, 0) is 21.4 Å². The van der Waals surface area contributed by atoms with Crippen molar-refractivity contribution in [3.8, 4) is 0 Å². The third kappa shape index (κ3) is 4.00. The Morgan fingerprint density at radius 3 is 2.94 bits per heavy atom. The number of carboxylic acids is 1. The number of carbonyl (C=O) groups is 1. The molecule has 0 radical (unpaired) electrons. The van der Waals surface area contributed by atoms with Crippen molar-refractivity contribution >= 4 is 16.0 Å². The summed E-state index contributed by atoms with van der Waals surface area (Å²) >= 11 is 0. The molecular weight excluding hydrogens is 246 g/mol. The summed E-state index contributed by atoms with van der Waals surface area (Å²) in [4.78, 5) is 10.3. The molecule has 0 saturated heterocycles. The lowest BCUT2D eigenvalue weighted by Gasteiger charge is -2.01. The molecule has 0 amide bonds. The smallest absolute Gasteiger partial charge is 0.325 e. The number of nitrogens with zero attached hydrogens (tertiary/aromatic N) is 2. The van der Waals surface area contributed by atoms with Crippen LogP contribution in [0.25, 0.3) is 0 Å². The zero-order valence-electron chi connectivity index (χ0n) is 9.04. The lowest BCUT2D eigenvalue weighted by atomic mass is 10.4. The van der Waals surface area contributed by atoms with Crippen LogP contribution in [0, 0.1) is 0 Å². The molecule has 1 aromatic heterocycles. The Hall–Kier alpha value is -1.67. The molecule has 1 aromatic rings. The van der Waals surface area contributed by atoms with Gasteiger partial charge in [0, 0.05) is 12.7 Å². The predicted molar refractivity (Wildman–Crippen MR) is 59.9 cm³/mol. The van der Waals surface area contributed by atoms with Crippen LogP contribution in [0.3, 0.4) is 0 Å². The number of hydrogen-bond acceptors (Lipinski definition) is 4. The maximum Gasteiger partial charge on any atom is 0.325 e. The average Bonchev–Trinajstić information content (AvgIpc) is 2.66. The van der Waals surface area contributed by atoms with Gasteiger partial charge in [0.05, 0.1) is 6.20 Å². The Morgan fingerprint density at radius 2 is 2.35 bits per heavy atom. The summed E-state index contributed by atoms with van der Waals surface area (Å²) in [6.45, 7) is 3.35. The van der Waals surface area contributed by atoms with Gasteiger partial charge < -0.3 is 5.11 Å². The van der Waals surface area contributed by atoms with E-state index in [1.807, 2.05) is 0 Å². The van der Waals surface area contributed by atoms with Crippen LogP contribution < -0.4 is 4.72 Å². The molecule has 1 rings (SSSR count). The van der Waals surface area contributed by atoms with Gasteiger partial charge in [0.1, 0.15) is 11.4 Å². The molecule has 2 N–H and O–H groups in total. The highest BCUT2D eigenvalue weighted by Crippen LogP contribution is 2.06. The van der Waals surface area contributed by atoms with Crippen molar-refractivity contribution in [2.45, 2.75) is 17.9 Å². The van der Waals surface area contributed by atoms with Gasteiger partial charge in [-0.1, -0.05) is 6.08 Å². The molecule has 7 nitrogen and oxygen atoms in total. The summed E-state index contributed by atoms with van der Waals surface area (Å²) in [5.74, 6) is -1.09. The molecule has 0 bridgehead atoms. The van der Waals surface area contributed by atoms with E-state index in [4.69, 9.17) is 5.11 Å². The molecule has 0 aliphatic rings. The average molecular weight is 259 g/mol. The second kappa shape index (κ2) is 5.60. The Bertz CT molecular complexity index is 506. The number of aromatic nitrogens is 2. The Balaban J connectivity index is 2.74. The third-order valence-corrected chi connectivity index (χ3v) is 3.27. The summed E-state index contributed by atoms with van der Waals surface area (Å²) in [6.07, 6.45) is 4.39. The molecule has 0 atom stereocenters. The number of carboxylic acid groups (broad SMARTS) is 1. The molecule has 0 fully saturated rings. The van der Waals surface area contributed by atoms with Crippen LogP contribution >= 0.6 is 0 Å². The van der Waals surface area contributed by atoms with Crippen LogP contribution in [0.1, 0.15) is 6.42 Å². The van der Waals surface area contributed by atoms with Crippen molar-refractivity contribution in [2.75, 3.05) is 6.54 Å². The van der Waals surface area contributed by atoms with E-state index in [0.29, 0.717) is 6.42 Å². The molecule has 17 heavy (non-hydrogen) atoms. The lowest BCUT2D eigenvalue weighted by molar-refractivity contribution is -0.137. The van der Waals surface area contributed by atoms with Gasteiger partial charge >= 0.3 is 5.97 Å². The van der Waals surface area contributed by atoms with Crippen molar-refractivity contribution in [1.82, 2.24) is 14.5 Å². The number of hydrogen-bond donors (Lipinski definition) is 2. The number of sulfonamides is 1. The standard InChI is InChI=1S/C9H13N3O4S/c1-2-3-4-11-17(15,16)8-5-10-12(6-8)7-9(13)14/h2,5-6,11H,1,3-4,7H2,(H,13,14). The molecule has 0 saturated carbocycles. The summed E-state index contributed by atoms with van der Waals surface area (Å²) in [5, 5.41) is 12.2. The number of aliphatic carboxylic acids is 1. The van der Waals surface area contributed by atoms with Gasteiger partial charge in [-0.25, -0.2) is 13.1 Å². The topological polar surface area (TPSA) is 101 Å². The van der Waals surface area contributed by atoms with Crippen LogP contribution in [0.4, 0.5) is 0 Å². The summed E-state index contributed by atoms with van der Waals surface area (Å²) in [7, 11) is -3.62. The van der Waals surface area contributed by atoms with Crippen molar-refractivity contribution in [2.24, 2.45) is 0 Å². The molecule has 0 unspecified atom stereocenters. The second-order valence-electron chi connectivity index (χ2n) is 3.24. The van der Waals surface area contributed by atoms with Gasteiger partial charge in [0.2, 0.25) is 10.0 Å². The van der Waals surface area contributed by atoms with E-state index in [1.54, 1.807) is 6.08 Å². The van der Waals surface area contributed by atoms with Crippen LogP contribution in [0.15, 0.2) is 29.9 Å². The largest absolute Gasteiger partial charge is 0.480 e. The molecule has 0 aromatic carbocycles. The molecular formula is C9H13N3O4S. The van der Waals surface area contributed by atoms with Gasteiger partial charge in [-0.05, 0) is 6.42 Å². The van der Waals surface area contributed by atoms with Gasteiger partial charge in [0.25, 0.3) is 0 Å². The minimum atomic E-state index is -3.62. The van der Waals surface area contributed by atoms with E-state index >= 15 is 0 Å². The van der Waals surface area contributed by atoms with Gasteiger partial charge in [0.15, 0.2) is 0 Å². The van der Waals surface area contributed by atoms with Crippen molar-refractivity contribution in [1.29, 1.82) is 0 Å². The minimum absolute atomic E-state index is 0.0530. The van der Waals surface area contributed by atoms with E-state index in [1.165, 1.54) is 6.20 Å². The van der Waals surface area contributed by atoms with Gasteiger partial charge in [-0.3, -0.25) is 9.48 Å². The summed E-state index contributed by atoms with van der Waals surface area (Å²) in [5.41, 5.74) is 0. The number of rotatable bonds is 7. The molecule has 1 heterocycles. The predicted octanol–water partition coefficient (Wildman–Crippen LogP) is -0.178. The first-order chi connectivity index (χ1) is 7.95. The molecule has 0 spiro atoms. The minimum Gasteiger partial charge on any atom is -0.480 e. The highest BCUT2D eigenvalue weighted by molar-refractivity contribution is 7.89. The van der Waals surface area contributed by atoms with E-state index in [9.17, 15) is 13.2 Å². The molecule has 94 valence electrons.